The lowest BCUT2D eigenvalue weighted by Crippen LogP contribution is -2.25. The SMILES string of the molecule is COc1ccc(C=Nc2ccc(C3=NNC(=O)CC3)cc2)cc1. The number of hydrogen-bond donors (Lipinski definition) is 1. The molecule has 0 bridgehead atoms. The van der Waals surface area contributed by atoms with E-state index in [1.165, 1.54) is 0 Å². The minimum absolute atomic E-state index is 0.0329. The van der Waals surface area contributed by atoms with Crippen molar-refractivity contribution < 1.29 is 9.53 Å². The number of hydrazone groups is 1. The molecule has 5 nitrogen and oxygen atoms in total. The Labute approximate surface area is 134 Å². The van der Waals surface area contributed by atoms with Crippen molar-refractivity contribution in [2.24, 2.45) is 10.1 Å². The Morgan fingerprint density at radius 1 is 1.09 bits per heavy atom. The number of carbonyl (C=O) groups is 1. The van der Waals surface area contributed by atoms with Gasteiger partial charge in [0.25, 0.3) is 0 Å². The summed E-state index contributed by atoms with van der Waals surface area (Å²) in [6, 6.07) is 15.5. The summed E-state index contributed by atoms with van der Waals surface area (Å²) in [6.07, 6.45) is 2.96. The van der Waals surface area contributed by atoms with Gasteiger partial charge in [0.2, 0.25) is 5.91 Å². The molecule has 1 amide bonds. The summed E-state index contributed by atoms with van der Waals surface area (Å²) in [5.74, 6) is 0.793. The van der Waals surface area contributed by atoms with Crippen LogP contribution >= 0.6 is 0 Å². The van der Waals surface area contributed by atoms with Gasteiger partial charge in [-0.05, 0) is 47.5 Å². The minimum atomic E-state index is -0.0329. The fraction of sp³-hybridized carbons (Fsp3) is 0.167. The van der Waals surface area contributed by atoms with E-state index in [0.29, 0.717) is 12.8 Å². The molecule has 1 aliphatic rings. The minimum Gasteiger partial charge on any atom is -0.497 e. The Kier molecular flexibility index (Phi) is 4.47. The number of rotatable bonds is 4. The number of nitrogens with zero attached hydrogens (tertiary/aromatic N) is 2. The van der Waals surface area contributed by atoms with E-state index >= 15 is 0 Å². The lowest BCUT2D eigenvalue weighted by Gasteiger charge is -2.11. The third-order valence-corrected chi connectivity index (χ3v) is 3.58. The Hall–Kier alpha value is -2.95. The topological polar surface area (TPSA) is 63.1 Å². The molecule has 3 rings (SSSR count). The van der Waals surface area contributed by atoms with Gasteiger partial charge in [0.1, 0.15) is 5.75 Å². The molecule has 0 aliphatic carbocycles. The van der Waals surface area contributed by atoms with E-state index in [4.69, 9.17) is 4.74 Å². The van der Waals surface area contributed by atoms with E-state index < -0.39 is 0 Å². The molecular formula is C18H17N3O2. The first-order valence-corrected chi connectivity index (χ1v) is 7.38. The number of nitrogens with one attached hydrogen (secondary N) is 1. The quantitative estimate of drug-likeness (QED) is 0.882. The van der Waals surface area contributed by atoms with Crippen molar-refractivity contribution >= 4 is 23.5 Å². The van der Waals surface area contributed by atoms with E-state index in [1.54, 1.807) is 7.11 Å². The molecule has 0 aromatic heterocycles. The molecule has 2 aromatic carbocycles. The highest BCUT2D eigenvalue weighted by Gasteiger charge is 2.12. The van der Waals surface area contributed by atoms with E-state index in [0.717, 1.165) is 28.3 Å². The summed E-state index contributed by atoms with van der Waals surface area (Å²) >= 11 is 0. The van der Waals surface area contributed by atoms with Crippen molar-refractivity contribution in [3.05, 3.63) is 59.7 Å². The van der Waals surface area contributed by atoms with Crippen molar-refractivity contribution in [2.75, 3.05) is 7.11 Å². The zero-order valence-corrected chi connectivity index (χ0v) is 12.8. The molecule has 5 heteroatoms. The van der Waals surface area contributed by atoms with Crippen LogP contribution in [0.2, 0.25) is 0 Å². The Morgan fingerprint density at radius 3 is 2.43 bits per heavy atom. The molecule has 0 unspecified atom stereocenters. The van der Waals surface area contributed by atoms with Crippen LogP contribution in [0.5, 0.6) is 5.75 Å². The number of methoxy groups -OCH3 is 1. The maximum Gasteiger partial charge on any atom is 0.240 e. The average Bonchev–Trinajstić information content (AvgIpc) is 2.61. The second kappa shape index (κ2) is 6.87. The van der Waals surface area contributed by atoms with E-state index in [9.17, 15) is 4.79 Å². The van der Waals surface area contributed by atoms with Gasteiger partial charge < -0.3 is 4.74 Å². The second-order valence-electron chi connectivity index (χ2n) is 5.17. The van der Waals surface area contributed by atoms with Crippen LogP contribution in [-0.4, -0.2) is 24.9 Å². The van der Waals surface area contributed by atoms with Crippen molar-refractivity contribution in [1.82, 2.24) is 5.43 Å². The van der Waals surface area contributed by atoms with Crippen molar-refractivity contribution in [2.45, 2.75) is 12.8 Å². The van der Waals surface area contributed by atoms with Crippen molar-refractivity contribution in [3.8, 4) is 5.75 Å². The molecule has 0 spiro atoms. The smallest absolute Gasteiger partial charge is 0.240 e. The summed E-state index contributed by atoms with van der Waals surface area (Å²) in [5.41, 5.74) is 6.29. The normalized spacial score (nSPS) is 14.5. The fourth-order valence-electron chi connectivity index (χ4n) is 2.26. The third kappa shape index (κ3) is 3.83. The first-order valence-electron chi connectivity index (χ1n) is 7.38. The largest absolute Gasteiger partial charge is 0.497 e. The molecule has 0 atom stereocenters. The summed E-state index contributed by atoms with van der Waals surface area (Å²) in [7, 11) is 1.65. The number of carbonyl (C=O) groups excluding carboxylic acids is 1. The van der Waals surface area contributed by atoms with Crippen molar-refractivity contribution in [1.29, 1.82) is 0 Å². The first-order chi connectivity index (χ1) is 11.2. The molecule has 0 radical (unpaired) electrons. The number of ether oxygens (including phenoxy) is 1. The maximum atomic E-state index is 11.1. The Bertz CT molecular complexity index is 747. The molecule has 2 aromatic rings. The monoisotopic (exact) mass is 307 g/mol. The van der Waals surface area contributed by atoms with Gasteiger partial charge in [-0.25, -0.2) is 5.43 Å². The molecule has 23 heavy (non-hydrogen) atoms. The summed E-state index contributed by atoms with van der Waals surface area (Å²) in [4.78, 5) is 15.6. The molecule has 0 fully saturated rings. The van der Waals surface area contributed by atoms with E-state index in [2.05, 4.69) is 15.5 Å². The molecule has 1 N–H and O–H groups in total. The van der Waals surface area contributed by atoms with Crippen LogP contribution in [0.15, 0.2) is 58.6 Å². The van der Waals surface area contributed by atoms with Gasteiger partial charge in [0, 0.05) is 19.1 Å². The average molecular weight is 307 g/mol. The fourth-order valence-corrected chi connectivity index (χ4v) is 2.26. The van der Waals surface area contributed by atoms with Crippen LogP contribution < -0.4 is 10.2 Å². The Morgan fingerprint density at radius 2 is 1.83 bits per heavy atom. The van der Waals surface area contributed by atoms with Gasteiger partial charge >= 0.3 is 0 Å². The van der Waals surface area contributed by atoms with Gasteiger partial charge in [0.05, 0.1) is 18.5 Å². The number of aliphatic imine (C=N–C) groups is 1. The van der Waals surface area contributed by atoms with Crippen molar-refractivity contribution in [3.63, 3.8) is 0 Å². The predicted octanol–water partition coefficient (Wildman–Crippen LogP) is 3.06. The van der Waals surface area contributed by atoms with Crippen LogP contribution in [0.1, 0.15) is 24.0 Å². The molecular weight excluding hydrogens is 290 g/mol. The number of hydrogen-bond acceptors (Lipinski definition) is 4. The van der Waals surface area contributed by atoms with Crippen LogP contribution in [0, 0.1) is 0 Å². The lowest BCUT2D eigenvalue weighted by atomic mass is 10.0. The number of benzene rings is 2. The molecule has 0 saturated carbocycles. The van der Waals surface area contributed by atoms with Crippen LogP contribution in [0.3, 0.4) is 0 Å². The summed E-state index contributed by atoms with van der Waals surface area (Å²) < 4.78 is 5.13. The van der Waals surface area contributed by atoms with Gasteiger partial charge in [-0.1, -0.05) is 12.1 Å². The number of amides is 1. The zero-order valence-electron chi connectivity index (χ0n) is 12.8. The molecule has 116 valence electrons. The predicted molar refractivity (Wildman–Crippen MR) is 90.6 cm³/mol. The van der Waals surface area contributed by atoms with Crippen LogP contribution in [-0.2, 0) is 4.79 Å². The highest BCUT2D eigenvalue weighted by Crippen LogP contribution is 2.17. The lowest BCUT2D eigenvalue weighted by molar-refractivity contribution is -0.121. The van der Waals surface area contributed by atoms with Gasteiger partial charge in [-0.2, -0.15) is 5.10 Å². The standard InChI is InChI=1S/C18H17N3O2/c1-23-16-8-2-13(3-9-16)12-19-15-6-4-14(5-7-15)17-10-11-18(22)21-20-17/h2-9,12H,10-11H2,1H3,(H,21,22). The molecule has 0 saturated heterocycles. The molecule has 1 heterocycles. The zero-order chi connectivity index (χ0) is 16.1. The first kappa shape index (κ1) is 15.0. The Balaban J connectivity index is 1.69. The summed E-state index contributed by atoms with van der Waals surface area (Å²) in [5, 5.41) is 4.09. The van der Waals surface area contributed by atoms with Gasteiger partial charge in [0.15, 0.2) is 0 Å². The maximum absolute atomic E-state index is 11.1. The van der Waals surface area contributed by atoms with Gasteiger partial charge in [-0.3, -0.25) is 9.79 Å². The summed E-state index contributed by atoms with van der Waals surface area (Å²) in [6.45, 7) is 0. The third-order valence-electron chi connectivity index (χ3n) is 3.58. The van der Waals surface area contributed by atoms with Crippen LogP contribution in [0.25, 0.3) is 0 Å². The highest BCUT2D eigenvalue weighted by molar-refractivity contribution is 6.04. The molecule has 1 aliphatic heterocycles. The van der Waals surface area contributed by atoms with Gasteiger partial charge in [-0.15, -0.1) is 0 Å². The highest BCUT2D eigenvalue weighted by atomic mass is 16.5. The van der Waals surface area contributed by atoms with Crippen LogP contribution in [0.4, 0.5) is 5.69 Å². The van der Waals surface area contributed by atoms with E-state index in [-0.39, 0.29) is 5.91 Å². The second-order valence-corrected chi connectivity index (χ2v) is 5.17. The van der Waals surface area contributed by atoms with E-state index in [1.807, 2.05) is 54.7 Å².